The number of anilines is 2. The third kappa shape index (κ3) is 7.04. The van der Waals surface area contributed by atoms with Crippen LogP contribution in [0.5, 0.6) is 0 Å². The van der Waals surface area contributed by atoms with E-state index in [0.717, 1.165) is 13.1 Å². The molecule has 2 heterocycles. The molecule has 1 aromatic heterocycles. The average Bonchev–Trinajstić information content (AvgIpc) is 3.12. The maximum Gasteiger partial charge on any atom is 0.356 e. The second kappa shape index (κ2) is 10.2. The van der Waals surface area contributed by atoms with E-state index in [9.17, 15) is 14.0 Å². The van der Waals surface area contributed by atoms with Gasteiger partial charge in [-0.05, 0) is 24.3 Å². The van der Waals surface area contributed by atoms with Crippen molar-refractivity contribution < 1.29 is 23.8 Å². The molecular weight excluding hydrogens is 357 g/mol. The molecule has 1 fully saturated rings. The predicted octanol–water partition coefficient (Wildman–Crippen LogP) is 1.18. The number of carbonyl (C=O) groups is 2. The molecule has 9 nitrogen and oxygen atoms in total. The van der Waals surface area contributed by atoms with Crippen molar-refractivity contribution in [2.45, 2.75) is 6.42 Å². The summed E-state index contributed by atoms with van der Waals surface area (Å²) in [5.41, 5.74) is 5.93. The molecule has 27 heavy (non-hydrogen) atoms. The van der Waals surface area contributed by atoms with Crippen LogP contribution in [-0.4, -0.2) is 64.9 Å². The smallest absolute Gasteiger partial charge is 0.356 e. The summed E-state index contributed by atoms with van der Waals surface area (Å²) in [7, 11) is 0. The first-order valence-corrected chi connectivity index (χ1v) is 8.33. The van der Waals surface area contributed by atoms with E-state index in [2.05, 4.69) is 20.4 Å². The van der Waals surface area contributed by atoms with Crippen molar-refractivity contribution in [1.82, 2.24) is 15.1 Å². The second-order valence-corrected chi connectivity index (χ2v) is 5.77. The SMILES string of the molecule is Nc1ccc(F)cc1.O=C(CCN1CCOCC1)Nc1cn[nH]c1C(=O)O. The summed E-state index contributed by atoms with van der Waals surface area (Å²) in [5, 5.41) is 17.3. The Balaban J connectivity index is 0.000000273. The van der Waals surface area contributed by atoms with Gasteiger partial charge in [-0.2, -0.15) is 5.10 Å². The zero-order valence-electron chi connectivity index (χ0n) is 14.7. The number of hydrogen-bond acceptors (Lipinski definition) is 6. The number of nitrogens with two attached hydrogens (primary N) is 1. The molecule has 3 rings (SSSR count). The fraction of sp³-hybridized carbons (Fsp3) is 0.353. The summed E-state index contributed by atoms with van der Waals surface area (Å²) >= 11 is 0. The largest absolute Gasteiger partial charge is 0.476 e. The minimum Gasteiger partial charge on any atom is -0.476 e. The minimum absolute atomic E-state index is 0.111. The molecule has 146 valence electrons. The zero-order valence-corrected chi connectivity index (χ0v) is 14.7. The number of aromatic nitrogens is 2. The lowest BCUT2D eigenvalue weighted by atomic mass is 10.3. The van der Waals surface area contributed by atoms with Gasteiger partial charge < -0.3 is 20.9 Å². The Morgan fingerprint density at radius 2 is 1.96 bits per heavy atom. The van der Waals surface area contributed by atoms with Gasteiger partial charge in [0.15, 0.2) is 5.69 Å². The van der Waals surface area contributed by atoms with Crippen molar-refractivity contribution in [2.24, 2.45) is 0 Å². The van der Waals surface area contributed by atoms with Crippen LogP contribution in [0.1, 0.15) is 16.9 Å². The molecule has 1 aliphatic heterocycles. The first-order chi connectivity index (χ1) is 13.0. The lowest BCUT2D eigenvalue weighted by molar-refractivity contribution is -0.116. The quantitative estimate of drug-likeness (QED) is 0.573. The fourth-order valence-corrected chi connectivity index (χ4v) is 2.30. The number of nitrogen functional groups attached to an aromatic ring is 1. The summed E-state index contributed by atoms with van der Waals surface area (Å²) in [6, 6.07) is 5.70. The highest BCUT2D eigenvalue weighted by Gasteiger charge is 2.16. The van der Waals surface area contributed by atoms with Crippen LogP contribution in [0.3, 0.4) is 0 Å². The van der Waals surface area contributed by atoms with Crippen LogP contribution in [-0.2, 0) is 9.53 Å². The monoisotopic (exact) mass is 379 g/mol. The van der Waals surface area contributed by atoms with Gasteiger partial charge in [0.05, 0.1) is 25.1 Å². The number of carbonyl (C=O) groups excluding carboxylic acids is 1. The average molecular weight is 379 g/mol. The van der Waals surface area contributed by atoms with Gasteiger partial charge in [-0.15, -0.1) is 0 Å². The van der Waals surface area contributed by atoms with Crippen molar-refractivity contribution in [3.05, 3.63) is 42.0 Å². The van der Waals surface area contributed by atoms with Crippen LogP contribution < -0.4 is 11.1 Å². The molecule has 0 bridgehead atoms. The van der Waals surface area contributed by atoms with Crippen LogP contribution >= 0.6 is 0 Å². The summed E-state index contributed by atoms with van der Waals surface area (Å²) in [4.78, 5) is 24.7. The van der Waals surface area contributed by atoms with Gasteiger partial charge in [0, 0.05) is 31.7 Å². The van der Waals surface area contributed by atoms with Crippen molar-refractivity contribution in [3.8, 4) is 0 Å². The lowest BCUT2D eigenvalue weighted by Gasteiger charge is -2.26. The van der Waals surface area contributed by atoms with Gasteiger partial charge in [0.25, 0.3) is 0 Å². The van der Waals surface area contributed by atoms with Crippen molar-refractivity contribution in [3.63, 3.8) is 0 Å². The molecule has 0 unspecified atom stereocenters. The highest BCUT2D eigenvalue weighted by atomic mass is 19.1. The number of nitrogens with one attached hydrogen (secondary N) is 2. The molecule has 0 radical (unpaired) electrons. The van der Waals surface area contributed by atoms with E-state index in [1.807, 2.05) is 0 Å². The van der Waals surface area contributed by atoms with Gasteiger partial charge in [-0.25, -0.2) is 9.18 Å². The lowest BCUT2D eigenvalue weighted by Crippen LogP contribution is -2.38. The maximum atomic E-state index is 12.0. The molecule has 1 aromatic carbocycles. The number of amides is 1. The summed E-state index contributed by atoms with van der Waals surface area (Å²) in [6.07, 6.45) is 1.60. The van der Waals surface area contributed by atoms with Crippen molar-refractivity contribution >= 4 is 23.3 Å². The number of carboxylic acids is 1. The second-order valence-electron chi connectivity index (χ2n) is 5.77. The molecule has 1 saturated heterocycles. The Morgan fingerprint density at radius 1 is 1.30 bits per heavy atom. The minimum atomic E-state index is -1.15. The fourth-order valence-electron chi connectivity index (χ4n) is 2.30. The molecule has 2 aromatic rings. The summed E-state index contributed by atoms with van der Waals surface area (Å²) < 4.78 is 17.2. The van der Waals surface area contributed by atoms with Gasteiger partial charge in [0.2, 0.25) is 5.91 Å². The first kappa shape index (κ1) is 20.3. The van der Waals surface area contributed by atoms with Gasteiger partial charge in [0.1, 0.15) is 5.82 Å². The van der Waals surface area contributed by atoms with Gasteiger partial charge >= 0.3 is 5.97 Å². The first-order valence-electron chi connectivity index (χ1n) is 8.33. The predicted molar refractivity (Wildman–Crippen MR) is 96.9 cm³/mol. The van der Waals surface area contributed by atoms with Crippen LogP contribution in [0.15, 0.2) is 30.5 Å². The number of morpholine rings is 1. The van der Waals surface area contributed by atoms with E-state index < -0.39 is 5.97 Å². The highest BCUT2D eigenvalue weighted by Crippen LogP contribution is 2.11. The van der Waals surface area contributed by atoms with E-state index >= 15 is 0 Å². The number of benzene rings is 1. The Morgan fingerprint density at radius 3 is 2.56 bits per heavy atom. The van der Waals surface area contributed by atoms with Gasteiger partial charge in [-0.3, -0.25) is 14.8 Å². The highest BCUT2D eigenvalue weighted by molar-refractivity contribution is 5.98. The van der Waals surface area contributed by atoms with Crippen LogP contribution in [0, 0.1) is 5.82 Å². The molecule has 1 aliphatic rings. The van der Waals surface area contributed by atoms with E-state index in [0.29, 0.717) is 31.9 Å². The topological polar surface area (TPSA) is 134 Å². The Bertz CT molecular complexity index is 723. The molecule has 0 saturated carbocycles. The zero-order chi connectivity index (χ0) is 19.6. The number of halogens is 1. The van der Waals surface area contributed by atoms with E-state index in [1.54, 1.807) is 0 Å². The van der Waals surface area contributed by atoms with E-state index in [4.69, 9.17) is 15.6 Å². The number of rotatable bonds is 5. The number of nitrogens with zero attached hydrogens (tertiary/aromatic N) is 2. The van der Waals surface area contributed by atoms with Crippen LogP contribution in [0.4, 0.5) is 15.8 Å². The molecule has 5 N–H and O–H groups in total. The van der Waals surface area contributed by atoms with Crippen LogP contribution in [0.25, 0.3) is 0 Å². The molecule has 0 atom stereocenters. The van der Waals surface area contributed by atoms with Crippen molar-refractivity contribution in [2.75, 3.05) is 43.9 Å². The Labute approximate surface area is 155 Å². The number of aromatic amines is 1. The number of hydrogen-bond donors (Lipinski definition) is 4. The molecular formula is C17H22FN5O4. The summed E-state index contributed by atoms with van der Waals surface area (Å²) in [6.45, 7) is 3.65. The van der Waals surface area contributed by atoms with Crippen molar-refractivity contribution in [1.29, 1.82) is 0 Å². The number of aromatic carboxylic acids is 1. The molecule has 10 heteroatoms. The molecule has 0 aliphatic carbocycles. The summed E-state index contributed by atoms with van der Waals surface area (Å²) in [5.74, 6) is -1.63. The number of carboxylic acid groups (broad SMARTS) is 1. The third-order valence-electron chi connectivity index (χ3n) is 3.76. The van der Waals surface area contributed by atoms with E-state index in [1.165, 1.54) is 30.5 Å². The van der Waals surface area contributed by atoms with E-state index in [-0.39, 0.29) is 23.1 Å². The Hall–Kier alpha value is -2.98. The standard InChI is InChI=1S/C11H16N4O4.C6H6FN/c16-9(1-2-15-3-5-19-6-4-15)13-8-7-12-14-10(8)11(17)18;7-5-1-3-6(8)4-2-5/h7H,1-6H2,(H,12,14)(H,13,16)(H,17,18);1-4H,8H2. The Kier molecular flexibility index (Phi) is 7.71. The molecule has 0 spiro atoms. The van der Waals surface area contributed by atoms with Crippen LogP contribution in [0.2, 0.25) is 0 Å². The third-order valence-corrected chi connectivity index (χ3v) is 3.76. The van der Waals surface area contributed by atoms with Gasteiger partial charge in [-0.1, -0.05) is 0 Å². The number of ether oxygens (including phenoxy) is 1. The normalized spacial score (nSPS) is 14.1. The molecule has 1 amide bonds. The maximum absolute atomic E-state index is 12.0. The number of H-pyrrole nitrogens is 1.